The monoisotopic (exact) mass is 367 g/mol. The topological polar surface area (TPSA) is 75.1 Å². The molecule has 0 spiro atoms. The Morgan fingerprint density at radius 3 is 2.69 bits per heavy atom. The van der Waals surface area contributed by atoms with E-state index in [1.54, 1.807) is 24.5 Å². The Morgan fingerprint density at radius 1 is 1.23 bits per heavy atom. The van der Waals surface area contributed by atoms with Crippen LogP contribution in [0.2, 0.25) is 0 Å². The largest absolute Gasteiger partial charge is 0.396 e. The summed E-state index contributed by atoms with van der Waals surface area (Å²) in [6.45, 7) is 2.24. The average Bonchev–Trinajstić information content (AvgIpc) is 3.18. The van der Waals surface area contributed by atoms with Gasteiger partial charge in [-0.2, -0.15) is 0 Å². The summed E-state index contributed by atoms with van der Waals surface area (Å²) in [4.78, 5) is 22.4. The number of nitrogens with one attached hydrogen (secondary N) is 1. The Labute approximate surface area is 156 Å². The van der Waals surface area contributed by atoms with Gasteiger partial charge in [0.05, 0.1) is 11.3 Å². The highest BCUT2D eigenvalue weighted by Crippen LogP contribution is 2.16. The highest BCUT2D eigenvalue weighted by Gasteiger charge is 2.15. The first-order valence-corrected chi connectivity index (χ1v) is 9.36. The lowest BCUT2D eigenvalue weighted by Gasteiger charge is -2.15. The molecular formula is C20H21N3O2S. The van der Waals surface area contributed by atoms with E-state index < -0.39 is 0 Å². The summed E-state index contributed by atoms with van der Waals surface area (Å²) in [6, 6.07) is 13.7. The molecule has 0 aliphatic carbocycles. The highest BCUT2D eigenvalue weighted by molar-refractivity contribution is 7.09. The molecule has 6 heteroatoms. The number of amides is 1. The minimum Gasteiger partial charge on any atom is -0.396 e. The van der Waals surface area contributed by atoms with Crippen LogP contribution in [0.3, 0.4) is 0 Å². The number of hydrogen-bond donors (Lipinski definition) is 2. The number of thiophene rings is 1. The van der Waals surface area contributed by atoms with Crippen LogP contribution < -0.4 is 5.32 Å². The number of aromatic nitrogens is 2. The average molecular weight is 367 g/mol. The number of carbonyl (C=O) groups is 1. The van der Waals surface area contributed by atoms with Crippen molar-refractivity contribution in [2.75, 3.05) is 13.2 Å². The summed E-state index contributed by atoms with van der Waals surface area (Å²) < 4.78 is 0. The summed E-state index contributed by atoms with van der Waals surface area (Å²) in [5.74, 6) is 0.375. The summed E-state index contributed by atoms with van der Waals surface area (Å²) in [5.41, 5.74) is 2.01. The molecule has 26 heavy (non-hydrogen) atoms. The zero-order valence-electron chi connectivity index (χ0n) is 14.6. The Morgan fingerprint density at radius 2 is 2.04 bits per heavy atom. The SMILES string of the molecule is Cc1nc(-c2ccccc2)ncc1C(=O)NCC(CO)Cc1cccs1. The summed E-state index contributed by atoms with van der Waals surface area (Å²) in [6.07, 6.45) is 2.31. The molecule has 0 fully saturated rings. The van der Waals surface area contributed by atoms with E-state index in [9.17, 15) is 9.90 Å². The number of nitrogens with zero attached hydrogens (tertiary/aromatic N) is 2. The molecule has 2 N–H and O–H groups in total. The van der Waals surface area contributed by atoms with E-state index in [4.69, 9.17) is 0 Å². The fraction of sp³-hybridized carbons (Fsp3) is 0.250. The summed E-state index contributed by atoms with van der Waals surface area (Å²) >= 11 is 1.66. The Bertz CT molecular complexity index is 851. The second kappa shape index (κ2) is 8.69. The van der Waals surface area contributed by atoms with E-state index in [0.717, 1.165) is 12.0 Å². The van der Waals surface area contributed by atoms with Crippen molar-refractivity contribution in [2.24, 2.45) is 5.92 Å². The van der Waals surface area contributed by atoms with Gasteiger partial charge in [0.2, 0.25) is 0 Å². The third kappa shape index (κ3) is 4.53. The molecular weight excluding hydrogens is 346 g/mol. The molecule has 3 aromatic rings. The van der Waals surface area contributed by atoms with Crippen molar-refractivity contribution in [3.05, 3.63) is 70.2 Å². The van der Waals surface area contributed by atoms with Gasteiger partial charge in [-0.05, 0) is 24.8 Å². The first-order valence-electron chi connectivity index (χ1n) is 8.48. The maximum atomic E-state index is 12.5. The zero-order chi connectivity index (χ0) is 18.4. The molecule has 0 bridgehead atoms. The van der Waals surface area contributed by atoms with Gasteiger partial charge < -0.3 is 10.4 Å². The van der Waals surface area contributed by atoms with E-state index >= 15 is 0 Å². The van der Waals surface area contributed by atoms with Gasteiger partial charge in [-0.15, -0.1) is 11.3 Å². The van der Waals surface area contributed by atoms with E-state index in [-0.39, 0.29) is 18.4 Å². The van der Waals surface area contributed by atoms with E-state index in [0.29, 0.717) is 23.6 Å². The lowest BCUT2D eigenvalue weighted by molar-refractivity contribution is 0.0938. The minimum atomic E-state index is -0.216. The number of aryl methyl sites for hydroxylation is 1. The number of carbonyl (C=O) groups excluding carboxylic acids is 1. The molecule has 1 atom stereocenters. The smallest absolute Gasteiger partial charge is 0.254 e. The third-order valence-electron chi connectivity index (χ3n) is 4.14. The lowest BCUT2D eigenvalue weighted by atomic mass is 10.1. The van der Waals surface area contributed by atoms with Crippen molar-refractivity contribution in [3.8, 4) is 11.4 Å². The van der Waals surface area contributed by atoms with Crippen molar-refractivity contribution in [1.82, 2.24) is 15.3 Å². The maximum Gasteiger partial charge on any atom is 0.254 e. The Kier molecular flexibility index (Phi) is 6.09. The predicted octanol–water partition coefficient (Wildman–Crippen LogP) is 3.09. The summed E-state index contributed by atoms with van der Waals surface area (Å²) in [7, 11) is 0. The molecule has 2 heterocycles. The van der Waals surface area contributed by atoms with Crippen LogP contribution in [0.15, 0.2) is 54.0 Å². The van der Waals surface area contributed by atoms with E-state index in [1.807, 2.05) is 47.8 Å². The van der Waals surface area contributed by atoms with Crippen LogP contribution in [-0.4, -0.2) is 34.1 Å². The van der Waals surface area contributed by atoms with Gasteiger partial charge in [-0.1, -0.05) is 36.4 Å². The normalized spacial score (nSPS) is 11.9. The van der Waals surface area contributed by atoms with Crippen molar-refractivity contribution < 1.29 is 9.90 Å². The Balaban J connectivity index is 1.64. The van der Waals surface area contributed by atoms with Crippen molar-refractivity contribution in [3.63, 3.8) is 0 Å². The first kappa shape index (κ1) is 18.2. The Hall–Kier alpha value is -2.57. The fourth-order valence-electron chi connectivity index (χ4n) is 2.66. The molecule has 3 rings (SSSR count). The lowest BCUT2D eigenvalue weighted by Crippen LogP contribution is -2.32. The highest BCUT2D eigenvalue weighted by atomic mass is 32.1. The van der Waals surface area contributed by atoms with Gasteiger partial charge in [0.25, 0.3) is 5.91 Å². The molecule has 2 aromatic heterocycles. The van der Waals surface area contributed by atoms with Crippen LogP contribution in [0, 0.1) is 12.8 Å². The zero-order valence-corrected chi connectivity index (χ0v) is 15.4. The molecule has 0 saturated carbocycles. The number of hydrogen-bond acceptors (Lipinski definition) is 5. The molecule has 0 aliphatic rings. The van der Waals surface area contributed by atoms with Crippen LogP contribution >= 0.6 is 11.3 Å². The van der Waals surface area contributed by atoms with Crippen LogP contribution in [-0.2, 0) is 6.42 Å². The van der Waals surface area contributed by atoms with Gasteiger partial charge in [-0.25, -0.2) is 9.97 Å². The van der Waals surface area contributed by atoms with Crippen LogP contribution in [0.1, 0.15) is 20.9 Å². The van der Waals surface area contributed by atoms with E-state index in [2.05, 4.69) is 15.3 Å². The van der Waals surface area contributed by atoms with Gasteiger partial charge >= 0.3 is 0 Å². The van der Waals surface area contributed by atoms with Gasteiger partial charge in [0, 0.05) is 35.7 Å². The quantitative estimate of drug-likeness (QED) is 0.673. The molecule has 1 aromatic carbocycles. The first-order chi connectivity index (χ1) is 12.7. The number of aliphatic hydroxyl groups excluding tert-OH is 1. The van der Waals surface area contributed by atoms with Gasteiger partial charge in [-0.3, -0.25) is 4.79 Å². The van der Waals surface area contributed by atoms with Crippen molar-refractivity contribution in [1.29, 1.82) is 0 Å². The predicted molar refractivity (Wildman–Crippen MR) is 103 cm³/mol. The number of rotatable bonds is 7. The number of aliphatic hydroxyl groups is 1. The van der Waals surface area contributed by atoms with Crippen LogP contribution in [0.25, 0.3) is 11.4 Å². The molecule has 5 nitrogen and oxygen atoms in total. The molecule has 1 amide bonds. The van der Waals surface area contributed by atoms with Crippen molar-refractivity contribution in [2.45, 2.75) is 13.3 Å². The standard InChI is InChI=1S/C20H21N3O2S/c1-14-18(12-21-19(23-14)16-6-3-2-4-7-16)20(25)22-11-15(13-24)10-17-8-5-9-26-17/h2-9,12,15,24H,10-11,13H2,1H3,(H,22,25). The third-order valence-corrected chi connectivity index (χ3v) is 5.03. The van der Waals surface area contributed by atoms with E-state index in [1.165, 1.54) is 4.88 Å². The second-order valence-corrected chi connectivity index (χ2v) is 7.13. The van der Waals surface area contributed by atoms with Crippen molar-refractivity contribution >= 4 is 17.2 Å². The molecule has 0 aliphatic heterocycles. The molecule has 0 saturated heterocycles. The fourth-order valence-corrected chi connectivity index (χ4v) is 3.48. The maximum absolute atomic E-state index is 12.5. The van der Waals surface area contributed by atoms with Crippen LogP contribution in [0.4, 0.5) is 0 Å². The van der Waals surface area contributed by atoms with Gasteiger partial charge in [0.15, 0.2) is 5.82 Å². The second-order valence-electron chi connectivity index (χ2n) is 6.10. The minimum absolute atomic E-state index is 0.0117. The summed E-state index contributed by atoms with van der Waals surface area (Å²) in [5, 5.41) is 14.5. The number of benzene rings is 1. The molecule has 134 valence electrons. The van der Waals surface area contributed by atoms with Gasteiger partial charge in [0.1, 0.15) is 0 Å². The molecule has 0 radical (unpaired) electrons. The molecule has 1 unspecified atom stereocenters. The van der Waals surface area contributed by atoms with Crippen LogP contribution in [0.5, 0.6) is 0 Å².